The lowest BCUT2D eigenvalue weighted by Gasteiger charge is -2.28. The van der Waals surface area contributed by atoms with E-state index in [2.05, 4.69) is 25.7 Å². The molecule has 238 valence electrons. The number of carbonyl (C=O) groups excluding carboxylic acids is 2. The number of hydrogen-bond donors (Lipinski definition) is 4. The van der Waals surface area contributed by atoms with E-state index in [9.17, 15) is 22.4 Å². The van der Waals surface area contributed by atoms with Gasteiger partial charge in [0.25, 0.3) is 0 Å². The molecule has 0 bridgehead atoms. The molecule has 4 N–H and O–H groups in total. The number of halogens is 1. The van der Waals surface area contributed by atoms with Gasteiger partial charge in [-0.25, -0.2) is 32.1 Å². The Morgan fingerprint density at radius 2 is 1.82 bits per heavy atom. The van der Waals surface area contributed by atoms with Crippen LogP contribution < -0.4 is 20.7 Å². The first-order valence-corrected chi connectivity index (χ1v) is 16.9. The van der Waals surface area contributed by atoms with Crippen LogP contribution in [0, 0.1) is 5.82 Å². The molecule has 4 rings (SSSR count). The van der Waals surface area contributed by atoms with Crippen molar-refractivity contribution in [2.45, 2.75) is 95.3 Å². The fourth-order valence-corrected chi connectivity index (χ4v) is 7.85. The molecule has 0 atom stereocenters. The average Bonchev–Trinajstić information content (AvgIpc) is 3.41. The molecule has 0 radical (unpaired) electrons. The van der Waals surface area contributed by atoms with Crippen LogP contribution >= 0.6 is 11.3 Å². The lowest BCUT2D eigenvalue weighted by atomic mass is 9.86. The first-order chi connectivity index (χ1) is 20.7. The SMILES string of the molecule is CC(C)OC(=O)NC1CCC(c2ncc(-c3ccc(NC(=O)NCc4cccc(F)c4)cc3S(=O)(=O)NC(C)(C)C)s2)CC1. The van der Waals surface area contributed by atoms with Gasteiger partial charge in [-0.2, -0.15) is 0 Å². The summed E-state index contributed by atoms with van der Waals surface area (Å²) in [6.45, 7) is 8.98. The second-order valence-electron chi connectivity index (χ2n) is 12.2. The molecule has 0 unspecified atom stereocenters. The molecule has 1 heterocycles. The number of sulfonamides is 1. The van der Waals surface area contributed by atoms with Crippen LogP contribution in [0.1, 0.15) is 76.8 Å². The van der Waals surface area contributed by atoms with Crippen LogP contribution in [-0.4, -0.2) is 43.2 Å². The summed E-state index contributed by atoms with van der Waals surface area (Å²) in [4.78, 5) is 29.9. The Balaban J connectivity index is 1.50. The summed E-state index contributed by atoms with van der Waals surface area (Å²) < 4.78 is 48.5. The molecule has 0 aliphatic heterocycles. The maximum atomic E-state index is 13.6. The van der Waals surface area contributed by atoms with Gasteiger partial charge in [0.2, 0.25) is 10.0 Å². The molecule has 3 aromatic rings. The first kappa shape index (κ1) is 33.3. The molecular weight excluding hydrogens is 606 g/mol. The molecule has 13 heteroatoms. The van der Waals surface area contributed by atoms with Crippen LogP contribution in [0.2, 0.25) is 0 Å². The Morgan fingerprint density at radius 1 is 1.09 bits per heavy atom. The number of alkyl carbamates (subject to hydrolysis) is 1. The van der Waals surface area contributed by atoms with Crippen LogP contribution in [0.15, 0.2) is 53.6 Å². The van der Waals surface area contributed by atoms with Gasteiger partial charge in [-0.1, -0.05) is 18.2 Å². The Kier molecular flexibility index (Phi) is 10.6. The lowest BCUT2D eigenvalue weighted by molar-refractivity contribution is 0.109. The number of carbonyl (C=O) groups is 2. The van der Waals surface area contributed by atoms with Crippen molar-refractivity contribution >= 4 is 39.2 Å². The lowest BCUT2D eigenvalue weighted by Crippen LogP contribution is -2.40. The average molecular weight is 646 g/mol. The van der Waals surface area contributed by atoms with Crippen molar-refractivity contribution in [1.29, 1.82) is 0 Å². The molecule has 1 aliphatic carbocycles. The third kappa shape index (κ3) is 9.47. The third-order valence-electron chi connectivity index (χ3n) is 6.84. The minimum atomic E-state index is -3.99. The number of ether oxygens (including phenoxy) is 1. The van der Waals surface area contributed by atoms with Gasteiger partial charge in [-0.3, -0.25) is 0 Å². The topological polar surface area (TPSA) is 139 Å². The van der Waals surface area contributed by atoms with Gasteiger partial charge < -0.3 is 20.7 Å². The zero-order valence-electron chi connectivity index (χ0n) is 25.6. The number of nitrogens with one attached hydrogen (secondary N) is 4. The molecule has 1 fully saturated rings. The van der Waals surface area contributed by atoms with Crippen LogP contribution in [0.3, 0.4) is 0 Å². The molecule has 1 aliphatic rings. The van der Waals surface area contributed by atoms with Crippen molar-refractivity contribution in [3.05, 3.63) is 65.0 Å². The van der Waals surface area contributed by atoms with E-state index in [1.54, 1.807) is 51.2 Å². The minimum Gasteiger partial charge on any atom is -0.447 e. The molecule has 1 aromatic heterocycles. The smallest absolute Gasteiger partial charge is 0.407 e. The Labute approximate surface area is 262 Å². The number of benzene rings is 2. The second kappa shape index (κ2) is 14.0. The van der Waals surface area contributed by atoms with Crippen molar-refractivity contribution in [2.24, 2.45) is 0 Å². The van der Waals surface area contributed by atoms with E-state index in [-0.39, 0.29) is 35.2 Å². The van der Waals surface area contributed by atoms with E-state index in [4.69, 9.17) is 4.74 Å². The highest BCUT2D eigenvalue weighted by Crippen LogP contribution is 2.40. The number of aromatic nitrogens is 1. The highest BCUT2D eigenvalue weighted by molar-refractivity contribution is 7.89. The minimum absolute atomic E-state index is 0.0159. The highest BCUT2D eigenvalue weighted by Gasteiger charge is 2.29. The molecule has 1 saturated carbocycles. The van der Waals surface area contributed by atoms with Crippen molar-refractivity contribution in [2.75, 3.05) is 5.32 Å². The van der Waals surface area contributed by atoms with Crippen molar-refractivity contribution in [3.8, 4) is 10.4 Å². The van der Waals surface area contributed by atoms with E-state index < -0.39 is 33.5 Å². The van der Waals surface area contributed by atoms with Crippen LogP contribution in [0.5, 0.6) is 0 Å². The van der Waals surface area contributed by atoms with Gasteiger partial charge in [-0.15, -0.1) is 11.3 Å². The summed E-state index contributed by atoms with van der Waals surface area (Å²) in [7, 11) is -3.99. The van der Waals surface area contributed by atoms with Crippen molar-refractivity contribution < 1.29 is 27.1 Å². The molecule has 2 aromatic carbocycles. The standard InChI is InChI=1S/C31H40FN5O5S2/c1-19(2)42-30(39)36-23-11-9-21(10-12-23)28-33-18-26(43-28)25-14-13-24(16-27(25)44(40,41)37-31(3,4)5)35-29(38)34-17-20-7-6-8-22(32)15-20/h6-8,13-16,18-19,21,23,37H,9-12,17H2,1-5H3,(H,36,39)(H2,34,35,38). The fourth-order valence-electron chi connectivity index (χ4n) is 4.99. The number of anilines is 1. The summed E-state index contributed by atoms with van der Waals surface area (Å²) in [5, 5.41) is 9.18. The summed E-state index contributed by atoms with van der Waals surface area (Å²) in [5.41, 5.74) is 0.608. The molecule has 44 heavy (non-hydrogen) atoms. The zero-order chi connectivity index (χ0) is 32.1. The number of hydrogen-bond acceptors (Lipinski definition) is 7. The second-order valence-corrected chi connectivity index (χ2v) is 14.9. The third-order valence-corrected chi connectivity index (χ3v) is 9.83. The van der Waals surface area contributed by atoms with Gasteiger partial charge in [-0.05, 0) is 90.1 Å². The number of urea groups is 1. The Morgan fingerprint density at radius 3 is 2.48 bits per heavy atom. The predicted molar refractivity (Wildman–Crippen MR) is 170 cm³/mol. The maximum Gasteiger partial charge on any atom is 0.407 e. The molecule has 3 amide bonds. The number of rotatable bonds is 9. The van der Waals surface area contributed by atoms with Crippen molar-refractivity contribution in [3.63, 3.8) is 0 Å². The molecule has 0 spiro atoms. The fraction of sp³-hybridized carbons (Fsp3) is 0.452. The normalized spacial score (nSPS) is 17.2. The monoisotopic (exact) mass is 645 g/mol. The summed E-state index contributed by atoms with van der Waals surface area (Å²) >= 11 is 1.45. The van der Waals surface area contributed by atoms with Gasteiger partial charge in [0, 0.05) is 41.5 Å². The van der Waals surface area contributed by atoms with E-state index in [1.165, 1.54) is 29.5 Å². The van der Waals surface area contributed by atoms with Gasteiger partial charge in [0.15, 0.2) is 0 Å². The molecular formula is C31H40FN5O5S2. The predicted octanol–water partition coefficient (Wildman–Crippen LogP) is 6.51. The van der Waals surface area contributed by atoms with E-state index in [0.29, 0.717) is 16.0 Å². The molecule has 10 nitrogen and oxygen atoms in total. The summed E-state index contributed by atoms with van der Waals surface area (Å²) in [6, 6.07) is 10.1. The van der Waals surface area contributed by atoms with Crippen LogP contribution in [0.25, 0.3) is 10.4 Å². The Bertz CT molecular complexity index is 1580. The maximum absolute atomic E-state index is 13.6. The number of nitrogens with zero attached hydrogens (tertiary/aromatic N) is 1. The zero-order valence-corrected chi connectivity index (χ0v) is 27.2. The van der Waals surface area contributed by atoms with Gasteiger partial charge in [0.1, 0.15) is 5.82 Å². The first-order valence-electron chi connectivity index (χ1n) is 14.6. The van der Waals surface area contributed by atoms with E-state index >= 15 is 0 Å². The summed E-state index contributed by atoms with van der Waals surface area (Å²) in [6.07, 6.45) is 4.37. The van der Waals surface area contributed by atoms with Crippen LogP contribution in [0.4, 0.5) is 19.7 Å². The molecule has 0 saturated heterocycles. The highest BCUT2D eigenvalue weighted by atomic mass is 32.2. The van der Waals surface area contributed by atoms with Crippen LogP contribution in [-0.2, 0) is 21.3 Å². The number of amides is 3. The van der Waals surface area contributed by atoms with Crippen molar-refractivity contribution in [1.82, 2.24) is 20.3 Å². The van der Waals surface area contributed by atoms with E-state index in [1.807, 2.05) is 13.8 Å². The van der Waals surface area contributed by atoms with Gasteiger partial charge >= 0.3 is 12.1 Å². The number of thiazole rings is 1. The largest absolute Gasteiger partial charge is 0.447 e. The summed E-state index contributed by atoms with van der Waals surface area (Å²) in [5.74, 6) is -0.204. The Hall–Kier alpha value is -3.55. The quantitative estimate of drug-likeness (QED) is 0.209. The van der Waals surface area contributed by atoms with E-state index in [0.717, 1.165) is 30.7 Å². The van der Waals surface area contributed by atoms with Gasteiger partial charge in [0.05, 0.1) is 20.9 Å².